The summed E-state index contributed by atoms with van der Waals surface area (Å²) in [6.07, 6.45) is 0. The number of rotatable bonds is 8. The van der Waals surface area contributed by atoms with Gasteiger partial charge in [-0.3, -0.25) is 0 Å². The summed E-state index contributed by atoms with van der Waals surface area (Å²) in [6, 6.07) is 74.3. The Bertz CT molecular complexity index is 3620. The van der Waals surface area contributed by atoms with Crippen molar-refractivity contribution in [1.29, 1.82) is 10.5 Å². The van der Waals surface area contributed by atoms with E-state index in [2.05, 4.69) is 160 Å². The van der Waals surface area contributed by atoms with E-state index in [1.165, 1.54) is 33.4 Å². The molecule has 0 unspecified atom stereocenters. The molecule has 5 heteroatoms. The summed E-state index contributed by atoms with van der Waals surface area (Å²) in [5.41, 5.74) is 21.9. The van der Waals surface area contributed by atoms with E-state index in [1.807, 2.05) is 84.9 Å². The number of hydrogen-bond acceptors (Lipinski definition) is 4. The molecule has 11 rings (SSSR count). The van der Waals surface area contributed by atoms with Gasteiger partial charge in [-0.05, 0) is 139 Å². The maximum atomic E-state index is 9.99. The fourth-order valence-corrected chi connectivity index (χ4v) is 9.86. The summed E-state index contributed by atoms with van der Waals surface area (Å²) in [5, 5.41) is 22.2. The van der Waals surface area contributed by atoms with Crippen LogP contribution in [0.15, 0.2) is 200 Å². The molecule has 0 spiro atoms. The molecule has 326 valence electrons. The minimum atomic E-state index is 0.574. The molecule has 11 aromatic rings. The van der Waals surface area contributed by atoms with Gasteiger partial charge >= 0.3 is 0 Å². The van der Waals surface area contributed by atoms with Crippen LogP contribution in [-0.2, 0) is 0 Å². The zero-order valence-electron chi connectivity index (χ0n) is 38.8. The topological polar surface area (TPSA) is 78.3 Å². The highest BCUT2D eigenvalue weighted by atomic mass is 15.0. The van der Waals surface area contributed by atoms with E-state index < -0.39 is 0 Å². The number of aromatic nitrogens is 3. The Balaban J connectivity index is 1.26. The van der Waals surface area contributed by atoms with Crippen molar-refractivity contribution >= 4 is 21.8 Å². The quantitative estimate of drug-likeness (QED) is 0.152. The van der Waals surface area contributed by atoms with Crippen LogP contribution in [0.3, 0.4) is 0 Å². The van der Waals surface area contributed by atoms with E-state index in [1.54, 1.807) is 0 Å². The Morgan fingerprint density at radius 1 is 0.362 bits per heavy atom. The average molecular weight is 884 g/mol. The molecule has 69 heavy (non-hydrogen) atoms. The summed E-state index contributed by atoms with van der Waals surface area (Å²) in [4.78, 5) is 10.6. The third-order valence-corrected chi connectivity index (χ3v) is 13.3. The van der Waals surface area contributed by atoms with Gasteiger partial charge in [-0.2, -0.15) is 10.5 Å². The lowest BCUT2D eigenvalue weighted by Crippen LogP contribution is -2.03. The van der Waals surface area contributed by atoms with E-state index in [9.17, 15) is 10.5 Å². The minimum absolute atomic E-state index is 0.574. The molecule has 0 radical (unpaired) electrons. The van der Waals surface area contributed by atoms with Crippen LogP contribution in [0.25, 0.3) is 106 Å². The van der Waals surface area contributed by atoms with Gasteiger partial charge in [0, 0.05) is 38.6 Å². The molecule has 2 aromatic heterocycles. The third-order valence-electron chi connectivity index (χ3n) is 13.3. The van der Waals surface area contributed by atoms with Crippen molar-refractivity contribution in [3.8, 4) is 96.2 Å². The van der Waals surface area contributed by atoms with Crippen LogP contribution < -0.4 is 0 Å². The zero-order valence-corrected chi connectivity index (χ0v) is 38.8. The molecule has 5 nitrogen and oxygen atoms in total. The fraction of sp³-hybridized carbons (Fsp3) is 0.0625. The Kier molecular flexibility index (Phi) is 10.8. The molecule has 0 saturated heterocycles. The van der Waals surface area contributed by atoms with Gasteiger partial charge in [0.15, 0.2) is 5.82 Å². The summed E-state index contributed by atoms with van der Waals surface area (Å²) < 4.78 is 2.41. The van der Waals surface area contributed by atoms with Crippen molar-refractivity contribution in [3.63, 3.8) is 0 Å². The van der Waals surface area contributed by atoms with E-state index in [-0.39, 0.29) is 0 Å². The van der Waals surface area contributed by atoms with Crippen molar-refractivity contribution in [2.24, 2.45) is 0 Å². The van der Waals surface area contributed by atoms with Gasteiger partial charge in [0.1, 0.15) is 0 Å². The van der Waals surface area contributed by atoms with Gasteiger partial charge in [-0.15, -0.1) is 0 Å². The first-order valence-electron chi connectivity index (χ1n) is 23.2. The number of aryl methyl sites for hydroxylation is 4. The van der Waals surface area contributed by atoms with Crippen molar-refractivity contribution in [3.05, 3.63) is 234 Å². The molecule has 0 amide bonds. The smallest absolute Gasteiger partial charge is 0.160 e. The van der Waals surface area contributed by atoms with Gasteiger partial charge in [0.25, 0.3) is 0 Å². The van der Waals surface area contributed by atoms with Crippen molar-refractivity contribution < 1.29 is 0 Å². The SMILES string of the molecule is Cc1ccc(-c2ccc3c(c2)c2cc(-c4ccc(C)cc4C)ccc2n3-c2c(-c3ccc(C#N)cc3)cc(-c3nc(-c4ccccc4)cc(-c4ccccc4)n3)cc2-c2ccc(C#N)cc2)c(C)c1. The number of nitrogens with zero attached hydrogens (tertiary/aromatic N) is 5. The monoisotopic (exact) mass is 883 g/mol. The van der Waals surface area contributed by atoms with Gasteiger partial charge in [0.05, 0.1) is 51.4 Å². The fourth-order valence-electron chi connectivity index (χ4n) is 9.86. The molecule has 0 aliphatic rings. The molecule has 0 aliphatic heterocycles. The Labute approximate surface area is 402 Å². The zero-order chi connectivity index (χ0) is 47.2. The van der Waals surface area contributed by atoms with Crippen LogP contribution in [0.5, 0.6) is 0 Å². The lowest BCUT2D eigenvalue weighted by atomic mass is 9.91. The first-order valence-corrected chi connectivity index (χ1v) is 23.2. The highest BCUT2D eigenvalue weighted by molar-refractivity contribution is 6.13. The number of benzene rings is 9. The third kappa shape index (κ3) is 7.93. The first-order chi connectivity index (χ1) is 33.7. The Hall–Kier alpha value is -9.16. The maximum absolute atomic E-state index is 9.99. The van der Waals surface area contributed by atoms with Crippen molar-refractivity contribution in [2.75, 3.05) is 0 Å². The van der Waals surface area contributed by atoms with Crippen LogP contribution in [0.1, 0.15) is 33.4 Å². The first kappa shape index (κ1) is 42.5. The molecule has 0 aliphatic carbocycles. The Morgan fingerprint density at radius 2 is 0.783 bits per heavy atom. The predicted octanol–water partition coefficient (Wildman–Crippen LogP) is 16.2. The van der Waals surface area contributed by atoms with Gasteiger partial charge < -0.3 is 4.57 Å². The number of hydrogen-bond donors (Lipinski definition) is 0. The standard InChI is InChI=1S/C64H45N5/c1-40-15-27-53(42(3)31-40)50-25-29-61-57(33-50)58-34-51(54-28-16-41(2)32-43(54)4)26-30-62(58)69(61)63-55(46-21-17-44(38-65)18-22-46)35-52(36-56(63)47-23-19-45(39-66)20-24-47)64-67-59(48-11-7-5-8-12-48)37-60(68-64)49-13-9-6-10-14-49/h5-37H,1-4H3. The van der Waals surface area contributed by atoms with E-state index in [0.29, 0.717) is 17.0 Å². The van der Waals surface area contributed by atoms with E-state index >= 15 is 0 Å². The number of fused-ring (bicyclic) bond motifs is 3. The van der Waals surface area contributed by atoms with Crippen molar-refractivity contribution in [1.82, 2.24) is 14.5 Å². The van der Waals surface area contributed by atoms with Crippen LogP contribution in [0.4, 0.5) is 0 Å². The van der Waals surface area contributed by atoms with Crippen LogP contribution in [0, 0.1) is 50.4 Å². The molecular formula is C64H45N5. The van der Waals surface area contributed by atoms with Crippen LogP contribution in [-0.4, -0.2) is 14.5 Å². The lowest BCUT2D eigenvalue weighted by molar-refractivity contribution is 1.17. The molecule has 0 atom stereocenters. The van der Waals surface area contributed by atoms with Gasteiger partial charge in [0.2, 0.25) is 0 Å². The minimum Gasteiger partial charge on any atom is -0.308 e. The van der Waals surface area contributed by atoms with Crippen molar-refractivity contribution in [2.45, 2.75) is 27.7 Å². The number of nitriles is 2. The highest BCUT2D eigenvalue weighted by Crippen LogP contribution is 2.46. The second-order valence-corrected chi connectivity index (χ2v) is 17.9. The maximum Gasteiger partial charge on any atom is 0.160 e. The molecular weight excluding hydrogens is 839 g/mol. The lowest BCUT2D eigenvalue weighted by Gasteiger charge is -2.21. The predicted molar refractivity (Wildman–Crippen MR) is 283 cm³/mol. The molecule has 0 bridgehead atoms. The average Bonchev–Trinajstić information content (AvgIpc) is 3.71. The highest BCUT2D eigenvalue weighted by Gasteiger charge is 2.24. The summed E-state index contributed by atoms with van der Waals surface area (Å²) in [7, 11) is 0. The largest absolute Gasteiger partial charge is 0.308 e. The Morgan fingerprint density at radius 3 is 1.19 bits per heavy atom. The van der Waals surface area contributed by atoms with Crippen LogP contribution >= 0.6 is 0 Å². The van der Waals surface area contributed by atoms with Gasteiger partial charge in [-0.1, -0.05) is 145 Å². The summed E-state index contributed by atoms with van der Waals surface area (Å²) in [6.45, 7) is 8.65. The second-order valence-electron chi connectivity index (χ2n) is 17.9. The molecule has 0 saturated carbocycles. The normalized spacial score (nSPS) is 11.2. The second kappa shape index (κ2) is 17.6. The van der Waals surface area contributed by atoms with Gasteiger partial charge in [-0.25, -0.2) is 9.97 Å². The van der Waals surface area contributed by atoms with Crippen LogP contribution in [0.2, 0.25) is 0 Å². The molecule has 2 heterocycles. The molecule has 0 N–H and O–H groups in total. The van der Waals surface area contributed by atoms with E-state index in [0.717, 1.165) is 89.0 Å². The summed E-state index contributed by atoms with van der Waals surface area (Å²) in [5.74, 6) is 0.574. The van der Waals surface area contributed by atoms with E-state index in [4.69, 9.17) is 9.97 Å². The molecule has 9 aromatic carbocycles. The summed E-state index contributed by atoms with van der Waals surface area (Å²) >= 11 is 0. The molecule has 0 fully saturated rings.